The number of carbonyl (C=O) groups excluding carboxylic acids is 3. The Labute approximate surface area is 144 Å². The van der Waals surface area contributed by atoms with Crippen molar-refractivity contribution in [3.8, 4) is 0 Å². The molecular formula is C18H17N3O4. The van der Waals surface area contributed by atoms with Crippen LogP contribution in [0.1, 0.15) is 41.1 Å². The number of amides is 3. The fraction of sp³-hybridized carbons (Fsp3) is 0.167. The largest absolute Gasteiger partial charge is 0.459 e. The summed E-state index contributed by atoms with van der Waals surface area (Å²) >= 11 is 0. The van der Waals surface area contributed by atoms with Gasteiger partial charge >= 0.3 is 5.91 Å². The van der Waals surface area contributed by atoms with Crippen molar-refractivity contribution in [1.29, 1.82) is 0 Å². The normalized spacial score (nSPS) is 15.4. The lowest BCUT2D eigenvalue weighted by Gasteiger charge is -2.32. The van der Waals surface area contributed by atoms with Crippen LogP contribution in [0.4, 0.5) is 0 Å². The maximum atomic E-state index is 12.2. The smallest absolute Gasteiger partial charge is 0.305 e. The monoisotopic (exact) mass is 339 g/mol. The van der Waals surface area contributed by atoms with Crippen molar-refractivity contribution in [2.45, 2.75) is 19.4 Å². The zero-order chi connectivity index (χ0) is 17.8. The molecule has 3 amide bonds. The van der Waals surface area contributed by atoms with Gasteiger partial charge in [0.25, 0.3) is 0 Å². The summed E-state index contributed by atoms with van der Waals surface area (Å²) in [4.78, 5) is 37.4. The van der Waals surface area contributed by atoms with Crippen LogP contribution in [0.25, 0.3) is 6.08 Å². The van der Waals surface area contributed by atoms with E-state index >= 15 is 0 Å². The highest BCUT2D eigenvalue weighted by Crippen LogP contribution is 2.32. The summed E-state index contributed by atoms with van der Waals surface area (Å²) in [5.74, 6) is -1.04. The standard InChI is InChI=1S/C18H17N3O4/c1-12(22)21-9-8-13-5-2-3-6-14(13)15(21)11-17(23)19-20-18(24)16-7-4-10-25-16/h2-10,15H,11H2,1H3,(H,19,23)(H,20,24)/t15-/m0/s1. The third-order valence-corrected chi connectivity index (χ3v) is 3.91. The van der Waals surface area contributed by atoms with Crippen molar-refractivity contribution in [2.24, 2.45) is 0 Å². The molecule has 2 N–H and O–H groups in total. The molecule has 1 aromatic carbocycles. The SMILES string of the molecule is CC(=O)N1C=Cc2ccccc2[C@@H]1CC(=O)NNC(=O)c1ccco1. The molecule has 7 heteroatoms. The summed E-state index contributed by atoms with van der Waals surface area (Å²) < 4.78 is 4.95. The van der Waals surface area contributed by atoms with Gasteiger partial charge in [0, 0.05) is 13.1 Å². The van der Waals surface area contributed by atoms with Crippen molar-refractivity contribution in [3.63, 3.8) is 0 Å². The second kappa shape index (κ2) is 7.04. The van der Waals surface area contributed by atoms with Crippen LogP contribution in [-0.2, 0) is 9.59 Å². The Hall–Kier alpha value is -3.35. The third-order valence-electron chi connectivity index (χ3n) is 3.91. The molecule has 1 aliphatic heterocycles. The van der Waals surface area contributed by atoms with E-state index in [2.05, 4.69) is 10.9 Å². The number of hydrogen-bond acceptors (Lipinski definition) is 4. The first-order chi connectivity index (χ1) is 12.1. The number of carbonyl (C=O) groups is 3. The molecule has 2 heterocycles. The third kappa shape index (κ3) is 3.60. The van der Waals surface area contributed by atoms with Gasteiger partial charge in [0.05, 0.1) is 18.7 Å². The van der Waals surface area contributed by atoms with E-state index < -0.39 is 17.9 Å². The van der Waals surface area contributed by atoms with Crippen LogP contribution in [0.3, 0.4) is 0 Å². The Morgan fingerprint density at radius 2 is 1.92 bits per heavy atom. The van der Waals surface area contributed by atoms with Crippen molar-refractivity contribution < 1.29 is 18.8 Å². The van der Waals surface area contributed by atoms with Gasteiger partial charge in [-0.3, -0.25) is 25.2 Å². The number of hydrazine groups is 1. The number of furan rings is 1. The average Bonchev–Trinajstić information content (AvgIpc) is 3.14. The highest BCUT2D eigenvalue weighted by molar-refractivity contribution is 5.93. The minimum atomic E-state index is -0.550. The Kier molecular flexibility index (Phi) is 4.65. The van der Waals surface area contributed by atoms with Crippen molar-refractivity contribution >= 4 is 23.8 Å². The molecule has 0 fully saturated rings. The van der Waals surface area contributed by atoms with Crippen LogP contribution >= 0.6 is 0 Å². The van der Waals surface area contributed by atoms with Gasteiger partial charge in [-0.15, -0.1) is 0 Å². The predicted octanol–water partition coefficient (Wildman–Crippen LogP) is 2.00. The van der Waals surface area contributed by atoms with E-state index in [0.29, 0.717) is 0 Å². The van der Waals surface area contributed by atoms with Crippen molar-refractivity contribution in [2.75, 3.05) is 0 Å². The molecule has 25 heavy (non-hydrogen) atoms. The van der Waals surface area contributed by atoms with Gasteiger partial charge in [-0.05, 0) is 29.3 Å². The molecule has 0 radical (unpaired) electrons. The maximum Gasteiger partial charge on any atom is 0.305 e. The Morgan fingerprint density at radius 3 is 2.64 bits per heavy atom. The number of hydrogen-bond donors (Lipinski definition) is 2. The van der Waals surface area contributed by atoms with Crippen LogP contribution in [0.5, 0.6) is 0 Å². The highest BCUT2D eigenvalue weighted by Gasteiger charge is 2.28. The predicted molar refractivity (Wildman–Crippen MR) is 89.7 cm³/mol. The van der Waals surface area contributed by atoms with E-state index in [9.17, 15) is 14.4 Å². The average molecular weight is 339 g/mol. The molecule has 0 bridgehead atoms. The number of rotatable bonds is 3. The Balaban J connectivity index is 1.69. The molecule has 0 saturated carbocycles. The molecular weight excluding hydrogens is 322 g/mol. The van der Waals surface area contributed by atoms with Gasteiger partial charge in [0.1, 0.15) is 0 Å². The zero-order valence-corrected chi connectivity index (χ0v) is 13.6. The molecule has 2 aromatic rings. The van der Waals surface area contributed by atoms with Gasteiger partial charge in [-0.25, -0.2) is 0 Å². The number of nitrogens with zero attached hydrogens (tertiary/aromatic N) is 1. The van der Waals surface area contributed by atoms with Gasteiger partial charge in [-0.1, -0.05) is 24.3 Å². The van der Waals surface area contributed by atoms with Crippen LogP contribution in [0.15, 0.2) is 53.3 Å². The molecule has 3 rings (SSSR count). The molecule has 0 spiro atoms. The number of fused-ring (bicyclic) bond motifs is 1. The van der Waals surface area contributed by atoms with Crippen molar-refractivity contribution in [1.82, 2.24) is 15.8 Å². The second-order valence-corrected chi connectivity index (χ2v) is 5.57. The van der Waals surface area contributed by atoms with Crippen LogP contribution in [0.2, 0.25) is 0 Å². The molecule has 0 saturated heterocycles. The lowest BCUT2D eigenvalue weighted by atomic mass is 9.93. The summed E-state index contributed by atoms with van der Waals surface area (Å²) in [5, 5.41) is 0. The van der Waals surface area contributed by atoms with Crippen LogP contribution in [0, 0.1) is 0 Å². The van der Waals surface area contributed by atoms with Crippen molar-refractivity contribution in [3.05, 3.63) is 65.7 Å². The molecule has 0 unspecified atom stereocenters. The Morgan fingerprint density at radius 1 is 1.12 bits per heavy atom. The van der Waals surface area contributed by atoms with Gasteiger partial charge in [-0.2, -0.15) is 0 Å². The van der Waals surface area contributed by atoms with E-state index in [1.165, 1.54) is 24.2 Å². The summed E-state index contributed by atoms with van der Waals surface area (Å²) in [6, 6.07) is 10.2. The Bertz CT molecular complexity index is 827. The summed E-state index contributed by atoms with van der Waals surface area (Å²) in [6.07, 6.45) is 4.89. The minimum Gasteiger partial charge on any atom is -0.459 e. The zero-order valence-electron chi connectivity index (χ0n) is 13.6. The molecule has 1 aromatic heterocycles. The van der Waals surface area contributed by atoms with E-state index in [1.54, 1.807) is 12.3 Å². The quantitative estimate of drug-likeness (QED) is 0.837. The van der Waals surface area contributed by atoms with Crippen LogP contribution in [-0.4, -0.2) is 22.6 Å². The minimum absolute atomic E-state index is 0.0133. The fourth-order valence-electron chi connectivity index (χ4n) is 2.74. The van der Waals surface area contributed by atoms with E-state index in [4.69, 9.17) is 4.42 Å². The highest BCUT2D eigenvalue weighted by atomic mass is 16.3. The van der Waals surface area contributed by atoms with E-state index in [1.807, 2.05) is 30.3 Å². The summed E-state index contributed by atoms with van der Waals surface area (Å²) in [7, 11) is 0. The lowest BCUT2D eigenvalue weighted by molar-refractivity contribution is -0.130. The fourth-order valence-corrected chi connectivity index (χ4v) is 2.74. The first kappa shape index (κ1) is 16.5. The van der Waals surface area contributed by atoms with Gasteiger partial charge in [0.2, 0.25) is 11.8 Å². The first-order valence-corrected chi connectivity index (χ1v) is 7.75. The van der Waals surface area contributed by atoms with E-state index in [-0.39, 0.29) is 18.1 Å². The summed E-state index contributed by atoms with van der Waals surface area (Å²) in [6.45, 7) is 1.45. The van der Waals surface area contributed by atoms with Crippen LogP contribution < -0.4 is 10.9 Å². The number of nitrogens with one attached hydrogen (secondary N) is 2. The molecule has 1 atom stereocenters. The van der Waals surface area contributed by atoms with Gasteiger partial charge in [0.15, 0.2) is 5.76 Å². The number of benzene rings is 1. The van der Waals surface area contributed by atoms with Gasteiger partial charge < -0.3 is 9.32 Å². The maximum absolute atomic E-state index is 12.2. The molecule has 7 nitrogen and oxygen atoms in total. The molecule has 128 valence electrons. The molecule has 0 aliphatic carbocycles. The second-order valence-electron chi connectivity index (χ2n) is 5.57. The molecule has 1 aliphatic rings. The summed E-state index contributed by atoms with van der Waals surface area (Å²) in [5.41, 5.74) is 6.47. The lowest BCUT2D eigenvalue weighted by Crippen LogP contribution is -2.43. The first-order valence-electron chi connectivity index (χ1n) is 7.75. The van der Waals surface area contributed by atoms with E-state index in [0.717, 1.165) is 11.1 Å². The topological polar surface area (TPSA) is 91.7 Å².